The van der Waals surface area contributed by atoms with Crippen molar-refractivity contribution < 1.29 is 9.90 Å². The first kappa shape index (κ1) is 17.2. The van der Waals surface area contributed by atoms with Gasteiger partial charge < -0.3 is 10.0 Å². The number of aliphatic hydroxyl groups is 1. The van der Waals surface area contributed by atoms with Gasteiger partial charge in [-0.2, -0.15) is 0 Å². The fourth-order valence-electron chi connectivity index (χ4n) is 4.82. The van der Waals surface area contributed by atoms with E-state index in [2.05, 4.69) is 21.6 Å². The van der Waals surface area contributed by atoms with Crippen LogP contribution in [0.1, 0.15) is 39.0 Å². The molecule has 0 radical (unpaired) electrons. The van der Waals surface area contributed by atoms with E-state index in [1.54, 1.807) is 0 Å². The predicted octanol–water partition coefficient (Wildman–Crippen LogP) is 1.02. The summed E-state index contributed by atoms with van der Waals surface area (Å²) in [7, 11) is 0. The predicted molar refractivity (Wildman–Crippen MR) is 91.2 cm³/mol. The molecule has 0 aromatic carbocycles. The van der Waals surface area contributed by atoms with Crippen molar-refractivity contribution in [3.63, 3.8) is 0 Å². The average Bonchev–Trinajstić information content (AvgIpc) is 2.57. The number of amides is 1. The molecule has 3 rings (SSSR count). The summed E-state index contributed by atoms with van der Waals surface area (Å²) in [5.74, 6) is 1.87. The second kappa shape index (κ2) is 7.95. The molecule has 0 aromatic rings. The third-order valence-electron chi connectivity index (χ3n) is 6.30. The number of β-amino-alcohol motifs (C(OH)–C–C–N with tert-alkyl or cyclic N) is 1. The van der Waals surface area contributed by atoms with Crippen LogP contribution in [0.4, 0.5) is 0 Å². The number of hydrogen-bond acceptors (Lipinski definition) is 4. The number of piperidine rings is 1. The second-order valence-electron chi connectivity index (χ2n) is 7.71. The van der Waals surface area contributed by atoms with Gasteiger partial charge in [0.15, 0.2) is 0 Å². The average molecular weight is 323 g/mol. The molecule has 2 aliphatic heterocycles. The van der Waals surface area contributed by atoms with Crippen molar-refractivity contribution in [2.24, 2.45) is 11.8 Å². The minimum atomic E-state index is 0.230. The summed E-state index contributed by atoms with van der Waals surface area (Å²) in [6, 6.07) is 0.510. The van der Waals surface area contributed by atoms with Crippen LogP contribution in [0.5, 0.6) is 0 Å². The van der Waals surface area contributed by atoms with Crippen molar-refractivity contribution in [1.29, 1.82) is 0 Å². The van der Waals surface area contributed by atoms with Crippen LogP contribution in [0.15, 0.2) is 0 Å². The van der Waals surface area contributed by atoms with Gasteiger partial charge in [-0.3, -0.25) is 14.6 Å². The van der Waals surface area contributed by atoms with Gasteiger partial charge in [0.05, 0.1) is 13.2 Å². The molecule has 5 heteroatoms. The van der Waals surface area contributed by atoms with Gasteiger partial charge >= 0.3 is 0 Å². The maximum Gasteiger partial charge on any atom is 0.237 e. The molecule has 3 aliphatic rings. The van der Waals surface area contributed by atoms with Crippen LogP contribution < -0.4 is 0 Å². The van der Waals surface area contributed by atoms with Crippen molar-refractivity contribution >= 4 is 5.91 Å². The largest absolute Gasteiger partial charge is 0.395 e. The normalized spacial score (nSPS) is 33.5. The standard InChI is InChI=1S/C18H33N3O2/c1-15-6-7-21(17-5-3-2-4-16(15)17)18(23)14-20-10-8-19(9-11-20)12-13-22/h15-17,22H,2-14H2,1H3/t15-,16+,17+/m1/s1. The van der Waals surface area contributed by atoms with Crippen LogP contribution >= 0.6 is 0 Å². The van der Waals surface area contributed by atoms with Crippen LogP contribution in [0.3, 0.4) is 0 Å². The topological polar surface area (TPSA) is 47.0 Å². The van der Waals surface area contributed by atoms with Crippen molar-refractivity contribution in [1.82, 2.24) is 14.7 Å². The highest BCUT2D eigenvalue weighted by atomic mass is 16.3. The fraction of sp³-hybridized carbons (Fsp3) is 0.944. The first-order valence-corrected chi connectivity index (χ1v) is 9.54. The Morgan fingerprint density at radius 1 is 1.00 bits per heavy atom. The summed E-state index contributed by atoms with van der Waals surface area (Å²) in [5, 5.41) is 9.02. The smallest absolute Gasteiger partial charge is 0.237 e. The lowest BCUT2D eigenvalue weighted by molar-refractivity contribution is -0.140. The lowest BCUT2D eigenvalue weighted by Crippen LogP contribution is -2.56. The van der Waals surface area contributed by atoms with E-state index in [9.17, 15) is 4.79 Å². The first-order valence-electron chi connectivity index (χ1n) is 9.54. The highest BCUT2D eigenvalue weighted by molar-refractivity contribution is 5.78. The highest BCUT2D eigenvalue weighted by Crippen LogP contribution is 2.38. The van der Waals surface area contributed by atoms with Crippen molar-refractivity contribution in [3.8, 4) is 0 Å². The van der Waals surface area contributed by atoms with E-state index in [0.29, 0.717) is 18.5 Å². The number of hydrogen-bond donors (Lipinski definition) is 1. The van der Waals surface area contributed by atoms with Gasteiger partial charge in [-0.15, -0.1) is 0 Å². The van der Waals surface area contributed by atoms with Crippen LogP contribution in [-0.4, -0.2) is 84.2 Å². The zero-order chi connectivity index (χ0) is 16.2. The summed E-state index contributed by atoms with van der Waals surface area (Å²) in [6.07, 6.45) is 6.34. The Kier molecular flexibility index (Phi) is 5.94. The molecule has 0 spiro atoms. The maximum atomic E-state index is 12.9. The minimum Gasteiger partial charge on any atom is -0.395 e. The van der Waals surface area contributed by atoms with Crippen LogP contribution in [-0.2, 0) is 4.79 Å². The quantitative estimate of drug-likeness (QED) is 0.839. The Morgan fingerprint density at radius 2 is 1.70 bits per heavy atom. The lowest BCUT2D eigenvalue weighted by Gasteiger charge is -2.48. The Balaban J connectivity index is 1.52. The SMILES string of the molecule is C[C@@H]1CCN(C(=O)CN2CCN(CCO)CC2)[C@H]2CCCC[C@@H]12. The van der Waals surface area contributed by atoms with E-state index in [4.69, 9.17) is 5.11 Å². The Bertz CT molecular complexity index is 396. The Labute approximate surface area is 140 Å². The van der Waals surface area contributed by atoms with E-state index >= 15 is 0 Å². The van der Waals surface area contributed by atoms with Gasteiger partial charge in [0, 0.05) is 45.3 Å². The molecule has 1 N–H and O–H groups in total. The van der Waals surface area contributed by atoms with E-state index in [1.807, 2.05) is 0 Å². The monoisotopic (exact) mass is 323 g/mol. The summed E-state index contributed by atoms with van der Waals surface area (Å²) >= 11 is 0. The Hall–Kier alpha value is -0.650. The molecular weight excluding hydrogens is 290 g/mol. The number of carbonyl (C=O) groups is 1. The number of aliphatic hydroxyl groups excluding tert-OH is 1. The number of likely N-dealkylation sites (tertiary alicyclic amines) is 1. The second-order valence-corrected chi connectivity index (χ2v) is 7.71. The van der Waals surface area contributed by atoms with Gasteiger partial charge in [-0.25, -0.2) is 0 Å². The van der Waals surface area contributed by atoms with Crippen molar-refractivity contribution in [3.05, 3.63) is 0 Å². The van der Waals surface area contributed by atoms with Crippen molar-refractivity contribution in [2.75, 3.05) is 52.4 Å². The van der Waals surface area contributed by atoms with E-state index < -0.39 is 0 Å². The molecule has 2 saturated heterocycles. The summed E-state index contributed by atoms with van der Waals surface area (Å²) in [6.45, 7) is 8.76. The number of carbonyl (C=O) groups excluding carboxylic acids is 1. The minimum absolute atomic E-state index is 0.230. The Morgan fingerprint density at radius 3 is 2.43 bits per heavy atom. The number of rotatable bonds is 4. The zero-order valence-electron chi connectivity index (χ0n) is 14.6. The molecule has 23 heavy (non-hydrogen) atoms. The van der Waals surface area contributed by atoms with Gasteiger partial charge in [0.25, 0.3) is 0 Å². The van der Waals surface area contributed by atoms with Gasteiger partial charge in [0.2, 0.25) is 5.91 Å². The summed E-state index contributed by atoms with van der Waals surface area (Å²) in [5.41, 5.74) is 0. The third-order valence-corrected chi connectivity index (χ3v) is 6.30. The molecule has 1 saturated carbocycles. The molecule has 1 aliphatic carbocycles. The molecule has 3 fully saturated rings. The molecular formula is C18H33N3O2. The molecule has 3 atom stereocenters. The molecule has 0 unspecified atom stereocenters. The third kappa shape index (κ3) is 4.06. The first-order chi connectivity index (χ1) is 11.2. The zero-order valence-corrected chi connectivity index (χ0v) is 14.6. The van der Waals surface area contributed by atoms with Gasteiger partial charge in [-0.1, -0.05) is 19.8 Å². The van der Waals surface area contributed by atoms with Crippen LogP contribution in [0.2, 0.25) is 0 Å². The molecule has 1 amide bonds. The van der Waals surface area contributed by atoms with Crippen molar-refractivity contribution in [2.45, 2.75) is 45.1 Å². The van der Waals surface area contributed by atoms with Crippen LogP contribution in [0, 0.1) is 11.8 Å². The number of fused-ring (bicyclic) bond motifs is 1. The summed E-state index contributed by atoms with van der Waals surface area (Å²) < 4.78 is 0. The number of piperazine rings is 1. The lowest BCUT2D eigenvalue weighted by atomic mass is 9.72. The molecule has 132 valence electrons. The molecule has 0 aromatic heterocycles. The maximum absolute atomic E-state index is 12.9. The molecule has 5 nitrogen and oxygen atoms in total. The number of nitrogens with zero attached hydrogens (tertiary/aromatic N) is 3. The van der Waals surface area contributed by atoms with E-state index in [0.717, 1.165) is 51.1 Å². The summed E-state index contributed by atoms with van der Waals surface area (Å²) in [4.78, 5) is 19.7. The molecule has 0 bridgehead atoms. The molecule has 2 heterocycles. The van der Waals surface area contributed by atoms with Gasteiger partial charge in [-0.05, 0) is 31.1 Å². The van der Waals surface area contributed by atoms with Crippen LogP contribution in [0.25, 0.3) is 0 Å². The fourth-order valence-corrected chi connectivity index (χ4v) is 4.82. The van der Waals surface area contributed by atoms with Gasteiger partial charge in [0.1, 0.15) is 0 Å². The van der Waals surface area contributed by atoms with E-state index in [1.165, 1.54) is 32.1 Å². The highest BCUT2D eigenvalue weighted by Gasteiger charge is 2.39. The van der Waals surface area contributed by atoms with E-state index in [-0.39, 0.29) is 6.61 Å².